The van der Waals surface area contributed by atoms with E-state index in [0.29, 0.717) is 0 Å². The van der Waals surface area contributed by atoms with E-state index >= 15 is 0 Å². The minimum absolute atomic E-state index is 0.583. The fraction of sp³-hybridized carbons (Fsp3) is 0.0263. The zero-order valence-electron chi connectivity index (χ0n) is 42.9. The summed E-state index contributed by atoms with van der Waals surface area (Å²) in [6.45, 7) is 0. The predicted octanol–water partition coefficient (Wildman–Crippen LogP) is 19.2. The maximum atomic E-state index is 2.52. The number of rotatable bonds is 10. The van der Waals surface area contributed by atoms with Crippen molar-refractivity contribution in [3.8, 4) is 27.9 Å². The van der Waals surface area contributed by atoms with Gasteiger partial charge in [-0.15, -0.1) is 0 Å². The van der Waals surface area contributed by atoms with Crippen LogP contribution in [0.1, 0.15) is 44.5 Å². The molecule has 2 aliphatic rings. The zero-order valence-corrected chi connectivity index (χ0v) is 42.9. The minimum Gasteiger partial charge on any atom is -0.310 e. The van der Waals surface area contributed by atoms with Gasteiger partial charge >= 0.3 is 0 Å². The minimum atomic E-state index is -0.643. The van der Waals surface area contributed by atoms with Crippen molar-refractivity contribution in [2.75, 3.05) is 4.90 Å². The summed E-state index contributed by atoms with van der Waals surface area (Å²) in [7, 11) is 0. The quantitative estimate of drug-likeness (QED) is 0.133. The van der Waals surface area contributed by atoms with Gasteiger partial charge in [-0.3, -0.25) is 0 Å². The summed E-state index contributed by atoms with van der Waals surface area (Å²) >= 11 is 0. The van der Waals surface area contributed by atoms with Crippen LogP contribution >= 0.6 is 0 Å². The molecule has 13 aromatic rings. The fourth-order valence-electron chi connectivity index (χ4n) is 13.5. The summed E-state index contributed by atoms with van der Waals surface area (Å²) < 4.78 is 2.38. The SMILES string of the molecule is c1ccc(-c2ccc(N(c3ccc(-c4ccc5c(c4)C(c4ccccc4)(c4ccccc4)C4=C5C(c5ccccc5)(c5ccccc5)c5ccccc54)cc3)c3ccc4c(c3)c3ccccc3n4-c3ccccc3)cc2)cc1. The number of allylic oxidation sites excluding steroid dienone is 2. The fourth-order valence-corrected chi connectivity index (χ4v) is 13.5. The maximum absolute atomic E-state index is 2.52. The number of hydrogen-bond acceptors (Lipinski definition) is 1. The van der Waals surface area contributed by atoms with Crippen molar-refractivity contribution in [2.45, 2.75) is 10.8 Å². The molecule has 2 nitrogen and oxygen atoms in total. The second-order valence-electron chi connectivity index (χ2n) is 20.7. The topological polar surface area (TPSA) is 8.17 Å². The molecule has 0 atom stereocenters. The lowest BCUT2D eigenvalue weighted by Crippen LogP contribution is -2.30. The number of hydrogen-bond donors (Lipinski definition) is 0. The van der Waals surface area contributed by atoms with Crippen LogP contribution in [0.3, 0.4) is 0 Å². The Bertz CT molecular complexity index is 4290. The Kier molecular flexibility index (Phi) is 10.7. The first-order valence-electron chi connectivity index (χ1n) is 27.1. The van der Waals surface area contributed by atoms with Gasteiger partial charge in [-0.1, -0.05) is 249 Å². The summed E-state index contributed by atoms with van der Waals surface area (Å²) in [4.78, 5) is 2.41. The first-order valence-corrected chi connectivity index (χ1v) is 27.1. The third kappa shape index (κ3) is 6.83. The Morgan fingerprint density at radius 2 is 0.654 bits per heavy atom. The summed E-state index contributed by atoms with van der Waals surface area (Å²) in [6, 6.07) is 117. The van der Waals surface area contributed by atoms with E-state index in [0.717, 1.165) is 28.3 Å². The number of para-hydroxylation sites is 2. The molecule has 0 fully saturated rings. The van der Waals surface area contributed by atoms with Gasteiger partial charge in [-0.25, -0.2) is 0 Å². The molecule has 0 saturated carbocycles. The van der Waals surface area contributed by atoms with Gasteiger partial charge in [-0.05, 0) is 145 Å². The number of aromatic nitrogens is 1. The van der Waals surface area contributed by atoms with Crippen molar-refractivity contribution in [3.63, 3.8) is 0 Å². The normalized spacial score (nSPS) is 13.8. The monoisotopic (exact) mass is 992 g/mol. The van der Waals surface area contributed by atoms with Gasteiger partial charge in [0.1, 0.15) is 0 Å². The van der Waals surface area contributed by atoms with E-state index in [1.54, 1.807) is 0 Å². The molecule has 12 aromatic carbocycles. The lowest BCUT2D eigenvalue weighted by atomic mass is 9.64. The van der Waals surface area contributed by atoms with Crippen molar-refractivity contribution < 1.29 is 0 Å². The van der Waals surface area contributed by atoms with Crippen molar-refractivity contribution in [1.82, 2.24) is 4.57 Å². The van der Waals surface area contributed by atoms with E-state index in [-0.39, 0.29) is 0 Å². The number of anilines is 3. The van der Waals surface area contributed by atoms with Gasteiger partial charge in [0.15, 0.2) is 0 Å². The average molecular weight is 993 g/mol. The van der Waals surface area contributed by atoms with Crippen LogP contribution in [0.5, 0.6) is 0 Å². The molecular weight excluding hydrogens is 941 g/mol. The zero-order chi connectivity index (χ0) is 51.6. The van der Waals surface area contributed by atoms with E-state index in [1.165, 1.54) is 94.2 Å². The van der Waals surface area contributed by atoms with Crippen molar-refractivity contribution in [2.24, 2.45) is 0 Å². The Hall–Kier alpha value is -10.0. The lowest BCUT2D eigenvalue weighted by Gasteiger charge is -2.37. The van der Waals surface area contributed by atoms with Crippen LogP contribution < -0.4 is 4.90 Å². The number of fused-ring (bicyclic) bond motifs is 7. The molecule has 0 bridgehead atoms. The van der Waals surface area contributed by atoms with Crippen LogP contribution in [0, 0.1) is 0 Å². The highest BCUT2D eigenvalue weighted by molar-refractivity contribution is 6.16. The van der Waals surface area contributed by atoms with Crippen LogP contribution in [0.4, 0.5) is 17.1 Å². The van der Waals surface area contributed by atoms with E-state index < -0.39 is 10.8 Å². The molecule has 0 amide bonds. The largest absolute Gasteiger partial charge is 0.310 e. The van der Waals surface area contributed by atoms with Gasteiger partial charge < -0.3 is 9.47 Å². The molecule has 1 heterocycles. The van der Waals surface area contributed by atoms with Crippen LogP contribution in [0.15, 0.2) is 315 Å². The molecule has 0 saturated heterocycles. The molecule has 1 aromatic heterocycles. The molecule has 78 heavy (non-hydrogen) atoms. The van der Waals surface area contributed by atoms with Gasteiger partial charge in [0, 0.05) is 33.5 Å². The number of benzene rings is 12. The van der Waals surface area contributed by atoms with Crippen LogP contribution in [-0.2, 0) is 10.8 Å². The summed E-state index contributed by atoms with van der Waals surface area (Å²) in [5.41, 5.74) is 23.1. The molecule has 0 radical (unpaired) electrons. The first kappa shape index (κ1) is 45.4. The van der Waals surface area contributed by atoms with Crippen LogP contribution in [-0.4, -0.2) is 4.57 Å². The lowest BCUT2D eigenvalue weighted by molar-refractivity contribution is 0.800. The molecule has 2 aliphatic carbocycles. The number of nitrogens with zero attached hydrogens (tertiary/aromatic N) is 2. The van der Waals surface area contributed by atoms with Crippen molar-refractivity contribution >= 4 is 50.0 Å². The highest BCUT2D eigenvalue weighted by atomic mass is 15.1. The summed E-state index contributed by atoms with van der Waals surface area (Å²) in [5, 5.41) is 2.43. The molecule has 15 rings (SSSR count). The summed E-state index contributed by atoms with van der Waals surface area (Å²) in [5.74, 6) is 0. The van der Waals surface area contributed by atoms with E-state index in [1.807, 2.05) is 0 Å². The van der Waals surface area contributed by atoms with E-state index in [9.17, 15) is 0 Å². The second kappa shape index (κ2) is 18.4. The maximum Gasteiger partial charge on any atom is 0.0717 e. The van der Waals surface area contributed by atoms with Crippen molar-refractivity contribution in [1.29, 1.82) is 0 Å². The van der Waals surface area contributed by atoms with Gasteiger partial charge in [0.2, 0.25) is 0 Å². The molecule has 0 N–H and O–H groups in total. The molecule has 2 heteroatoms. The van der Waals surface area contributed by atoms with Crippen LogP contribution in [0.2, 0.25) is 0 Å². The standard InChI is InChI=1S/C76H52N2/c1-7-23-53(24-8-1)54-39-44-62(45-40-54)77(64-48-50-72-68(52-64)65-35-20-22-38-71(65)78(72)61-33-17-6-18-34-61)63-46-41-55(42-47-63)56-43-49-67-70(51-56)76(59-29-13-4-14-30-59,60-31-15-5-16-32-60)73-66-36-19-21-37-69(66)75(74(67)73,57-25-9-2-10-26-57)58-27-11-3-12-28-58/h1-52H. The predicted molar refractivity (Wildman–Crippen MR) is 325 cm³/mol. The smallest absolute Gasteiger partial charge is 0.0717 e. The molecule has 0 spiro atoms. The third-order valence-electron chi connectivity index (χ3n) is 16.7. The highest BCUT2D eigenvalue weighted by Gasteiger charge is 2.59. The van der Waals surface area contributed by atoms with Crippen LogP contribution in [0.25, 0.3) is 60.9 Å². The Balaban J connectivity index is 0.921. The Morgan fingerprint density at radius 3 is 1.22 bits per heavy atom. The Morgan fingerprint density at radius 1 is 0.256 bits per heavy atom. The van der Waals surface area contributed by atoms with Gasteiger partial charge in [-0.2, -0.15) is 0 Å². The first-order chi connectivity index (χ1) is 38.7. The molecule has 0 aliphatic heterocycles. The molecular formula is C76H52N2. The van der Waals surface area contributed by atoms with E-state index in [2.05, 4.69) is 325 Å². The third-order valence-corrected chi connectivity index (χ3v) is 16.7. The van der Waals surface area contributed by atoms with Gasteiger partial charge in [0.25, 0.3) is 0 Å². The van der Waals surface area contributed by atoms with E-state index in [4.69, 9.17) is 0 Å². The highest BCUT2D eigenvalue weighted by Crippen LogP contribution is 2.69. The van der Waals surface area contributed by atoms with Gasteiger partial charge in [0.05, 0.1) is 21.9 Å². The second-order valence-corrected chi connectivity index (χ2v) is 20.7. The average Bonchev–Trinajstić information content (AvgIpc) is 2.76. The van der Waals surface area contributed by atoms with Crippen molar-refractivity contribution in [3.05, 3.63) is 360 Å². The molecule has 366 valence electrons. The Labute approximate surface area is 455 Å². The molecule has 0 unspecified atom stereocenters. The summed E-state index contributed by atoms with van der Waals surface area (Å²) in [6.07, 6.45) is 0.